The Morgan fingerprint density at radius 1 is 0.705 bits per heavy atom. The number of benzene rings is 6. The summed E-state index contributed by atoms with van der Waals surface area (Å²) in [6.07, 6.45) is 7.06. The highest BCUT2D eigenvalue weighted by Crippen LogP contribution is 2.38. The number of imidazole rings is 1. The first-order valence-corrected chi connectivity index (χ1v) is 35.7. The van der Waals surface area contributed by atoms with Gasteiger partial charge in [0.15, 0.2) is 16.6 Å². The number of alkyl halides is 3. The van der Waals surface area contributed by atoms with Gasteiger partial charge in [-0.25, -0.2) is 14.5 Å². The summed E-state index contributed by atoms with van der Waals surface area (Å²) in [5, 5.41) is 14.6. The molecule has 3 aliphatic rings. The van der Waals surface area contributed by atoms with Crippen molar-refractivity contribution in [1.29, 1.82) is 0 Å². The van der Waals surface area contributed by atoms with Gasteiger partial charge in [0.2, 0.25) is 0 Å². The number of methoxy groups -OCH3 is 1. The number of halogens is 4. The highest BCUT2D eigenvalue weighted by atomic mass is 35.5. The fourth-order valence-corrected chi connectivity index (χ4v) is 13.2. The van der Waals surface area contributed by atoms with Crippen LogP contribution in [0.1, 0.15) is 101 Å². The van der Waals surface area contributed by atoms with Crippen LogP contribution in [0.25, 0.3) is 27.8 Å². The molecule has 2 aliphatic heterocycles. The number of pyridine rings is 2. The van der Waals surface area contributed by atoms with Gasteiger partial charge in [0, 0.05) is 165 Å². The molecular weight excluding hydrogens is 1380 g/mol. The number of carbonyl (C=O) groups excluding carboxylic acids is 4. The molecule has 4 N–H and O–H groups in total. The number of primary amides is 1. The van der Waals surface area contributed by atoms with Crippen LogP contribution in [-0.4, -0.2) is 146 Å². The number of nitrogens with one attached hydrogen (secondary N) is 2. The lowest BCUT2D eigenvalue weighted by Crippen LogP contribution is -2.44. The molecule has 14 rings (SSSR count). The molecule has 2 amide bonds. The number of carbonyl (C=O) groups is 4. The lowest BCUT2D eigenvalue weighted by Gasteiger charge is -2.33. The number of ketones is 2. The normalized spacial score (nSPS) is 14.3. The maximum absolute atomic E-state index is 14.0. The van der Waals surface area contributed by atoms with Gasteiger partial charge in [-0.05, 0) is 171 Å². The summed E-state index contributed by atoms with van der Waals surface area (Å²) in [4.78, 5) is 76.4. The smallest absolute Gasteiger partial charge is 0.416 e. The Bertz CT molecular complexity index is 5020. The SMILES string of the molecule is COc1cc2nccc(Oc3ccc(CC(=O)CC4CC4)c(Cl)c3)c2cc1C(N)=O.Cc1ccc(C(=O)Cc2ccc(CN3CCN(C)CC3)c(C(F)(F)F)c2)cc1C#Cc1cnc2cccnn12.Cc1ccc(NC(=O)c2ccc(CN3CCN(C)CC3)cc2)cc1Nc1nc(-c2cccnc2)cs1. The van der Waals surface area contributed by atoms with E-state index in [1.54, 1.807) is 96.2 Å². The van der Waals surface area contributed by atoms with Gasteiger partial charge in [-0.1, -0.05) is 66.1 Å². The van der Waals surface area contributed by atoms with Crippen LogP contribution >= 0.6 is 22.9 Å². The topological polar surface area (TPSA) is 219 Å². The van der Waals surface area contributed by atoms with E-state index in [2.05, 4.69) is 81.4 Å². The van der Waals surface area contributed by atoms with Crippen LogP contribution in [0, 0.1) is 31.6 Å². The van der Waals surface area contributed by atoms with Crippen molar-refractivity contribution in [2.75, 3.05) is 84.2 Å². The Balaban J connectivity index is 0.000000149. The molecule has 0 bridgehead atoms. The summed E-state index contributed by atoms with van der Waals surface area (Å²) in [7, 11) is 5.64. The van der Waals surface area contributed by atoms with Gasteiger partial charge in [-0.15, -0.1) is 11.3 Å². The summed E-state index contributed by atoms with van der Waals surface area (Å²) in [6, 6.07) is 40.9. The number of aryl methyl sites for hydroxylation is 2. The van der Waals surface area contributed by atoms with Crippen LogP contribution in [0.5, 0.6) is 17.2 Å². The van der Waals surface area contributed by atoms with Crippen molar-refractivity contribution < 1.29 is 41.8 Å². The number of fused-ring (bicyclic) bond motifs is 2. The summed E-state index contributed by atoms with van der Waals surface area (Å²) < 4.78 is 54.8. The van der Waals surface area contributed by atoms with Gasteiger partial charge < -0.3 is 35.6 Å². The number of nitrogens with zero attached hydrogens (tertiary/aromatic N) is 10. The van der Waals surface area contributed by atoms with Gasteiger partial charge in [0.05, 0.1) is 35.6 Å². The van der Waals surface area contributed by atoms with E-state index in [0.29, 0.717) is 85.5 Å². The van der Waals surface area contributed by atoms with Crippen LogP contribution in [-0.2, 0) is 36.9 Å². The lowest BCUT2D eigenvalue weighted by molar-refractivity contribution is -0.138. The molecule has 0 atom stereocenters. The van der Waals surface area contributed by atoms with E-state index in [9.17, 15) is 32.3 Å². The van der Waals surface area contributed by atoms with Crippen LogP contribution in [0.15, 0.2) is 176 Å². The van der Waals surface area contributed by atoms with Gasteiger partial charge in [0.1, 0.15) is 28.7 Å². The highest BCUT2D eigenvalue weighted by Gasteiger charge is 2.35. The predicted octanol–water partition coefficient (Wildman–Crippen LogP) is 14.6. The number of hydrogen-bond donors (Lipinski definition) is 3. The Labute approximate surface area is 616 Å². The fourth-order valence-electron chi connectivity index (χ4n) is 12.2. The van der Waals surface area contributed by atoms with E-state index >= 15 is 0 Å². The zero-order valence-corrected chi connectivity index (χ0v) is 60.4. The third-order valence-electron chi connectivity index (χ3n) is 18.6. The third kappa shape index (κ3) is 19.8. The van der Waals surface area contributed by atoms with Crippen molar-refractivity contribution in [1.82, 2.24) is 49.1 Å². The number of amides is 2. The number of Topliss-reactive ketones (excluding diaryl/α,β-unsaturated/α-hetero) is 2. The lowest BCUT2D eigenvalue weighted by atomic mass is 9.96. The van der Waals surface area contributed by atoms with Crippen molar-refractivity contribution in [2.24, 2.45) is 11.7 Å². The zero-order chi connectivity index (χ0) is 73.7. The molecule has 11 aromatic rings. The Morgan fingerprint density at radius 2 is 1.42 bits per heavy atom. The van der Waals surface area contributed by atoms with E-state index in [1.165, 1.54) is 30.1 Å². The molecule has 1 aliphatic carbocycles. The van der Waals surface area contributed by atoms with Crippen LogP contribution in [0.3, 0.4) is 0 Å². The molecule has 0 spiro atoms. The molecule has 6 aromatic carbocycles. The number of rotatable bonds is 20. The van der Waals surface area contributed by atoms with Crippen molar-refractivity contribution in [3.63, 3.8) is 0 Å². The van der Waals surface area contributed by atoms with E-state index in [0.717, 1.165) is 122 Å². The monoisotopic (exact) mass is 1450 g/mol. The van der Waals surface area contributed by atoms with E-state index < -0.39 is 17.6 Å². The Morgan fingerprint density at radius 3 is 2.12 bits per heavy atom. The molecule has 0 radical (unpaired) electrons. The Kier molecular flexibility index (Phi) is 23.8. The average molecular weight is 1460 g/mol. The molecule has 3 fully saturated rings. The minimum absolute atomic E-state index is 0.121. The van der Waals surface area contributed by atoms with Crippen molar-refractivity contribution in [3.05, 3.63) is 248 Å². The van der Waals surface area contributed by atoms with E-state index in [4.69, 9.17) is 26.8 Å². The quantitative estimate of drug-likeness (QED) is 0.0477. The molecule has 24 heteroatoms. The molecular formula is C81H79ClF3N13O6S. The van der Waals surface area contributed by atoms with Crippen molar-refractivity contribution >= 4 is 79.4 Å². The average Bonchev–Trinajstić information content (AvgIpc) is 1.71. The van der Waals surface area contributed by atoms with Gasteiger partial charge in [-0.3, -0.25) is 38.9 Å². The first kappa shape index (κ1) is 74.0. The first-order valence-electron chi connectivity index (χ1n) is 34.5. The molecule has 19 nitrogen and oxygen atoms in total. The van der Waals surface area contributed by atoms with Gasteiger partial charge >= 0.3 is 6.18 Å². The maximum atomic E-state index is 14.0. The second-order valence-corrected chi connectivity index (χ2v) is 27.8. The van der Waals surface area contributed by atoms with Crippen molar-refractivity contribution in [3.8, 4) is 40.3 Å². The molecule has 1 saturated carbocycles. The summed E-state index contributed by atoms with van der Waals surface area (Å²) in [6.45, 7) is 12.5. The second-order valence-electron chi connectivity index (χ2n) is 26.5. The first-order chi connectivity index (χ1) is 50.6. The number of likely N-dealkylation sites (N-methyl/N-ethyl adjacent to an activating group) is 2. The van der Waals surface area contributed by atoms with Crippen LogP contribution in [0.2, 0.25) is 5.02 Å². The van der Waals surface area contributed by atoms with E-state index in [-0.39, 0.29) is 41.6 Å². The number of nitrogens with two attached hydrogens (primary N) is 1. The standard InChI is InChI=1S/C30H28F3N5O.C28H30N6OS.C23H21ClN2O4/c1-21-5-7-24(18-23(21)9-10-26-19-34-29-4-3-11-35-38(26)29)28(39)17-22-6-8-25(27(16-22)30(31,32)33)20-37-14-12-36(2)13-15-37;1-20-5-10-24(16-25(20)31-28-32-26(19-36-28)23-4-3-11-29-17-23)30-27(35)22-8-6-21(7-9-22)18-34-14-12-33(2)13-15-34;1-29-22-12-20-17(11-18(22)23(25)28)21(6-7-26-20)30-16-5-4-14(19(24)10-16)9-15(27)8-13-2-3-13/h3-8,11,16,18-19H,12-15,17,20H2,1-2H3;3-11,16-17,19H,12-15,18H2,1-2H3,(H,30,35)(H,31,32);4-7,10-13H,2-3,8-9H2,1H3,(H2,25,28). The number of ether oxygens (including phenoxy) is 2. The second kappa shape index (κ2) is 33.8. The summed E-state index contributed by atoms with van der Waals surface area (Å²) in [5.74, 6) is 7.27. The molecule has 5 aromatic heterocycles. The molecule has 2 saturated heterocycles. The van der Waals surface area contributed by atoms with Gasteiger partial charge in [0.25, 0.3) is 11.8 Å². The molecule has 7 heterocycles. The molecule has 0 unspecified atom stereocenters. The number of anilines is 3. The van der Waals surface area contributed by atoms with Crippen LogP contribution in [0.4, 0.5) is 29.7 Å². The number of hydrogen-bond acceptors (Lipinski definition) is 17. The minimum atomic E-state index is -4.50. The summed E-state index contributed by atoms with van der Waals surface area (Å²) >= 11 is 7.93. The largest absolute Gasteiger partial charge is 0.496 e. The maximum Gasteiger partial charge on any atom is 0.416 e. The number of aromatic nitrogens is 6. The molecule has 538 valence electrons. The van der Waals surface area contributed by atoms with Crippen LogP contribution < -0.4 is 25.8 Å². The third-order valence-corrected chi connectivity index (χ3v) is 19.7. The predicted molar refractivity (Wildman–Crippen MR) is 404 cm³/mol. The highest BCUT2D eigenvalue weighted by molar-refractivity contribution is 7.14. The number of piperazine rings is 2. The Hall–Kier alpha value is -10.7. The summed E-state index contributed by atoms with van der Waals surface area (Å²) in [5.41, 5.74) is 16.7. The minimum Gasteiger partial charge on any atom is -0.496 e. The molecule has 105 heavy (non-hydrogen) atoms. The number of thiazole rings is 1. The van der Waals surface area contributed by atoms with Gasteiger partial charge in [-0.2, -0.15) is 18.3 Å². The zero-order valence-electron chi connectivity index (χ0n) is 58.8. The fraction of sp³-hybridized carbons (Fsp3) is 0.272. The van der Waals surface area contributed by atoms with Crippen molar-refractivity contribution in [2.45, 2.75) is 65.2 Å². The van der Waals surface area contributed by atoms with E-state index in [1.807, 2.05) is 85.8 Å².